The average Bonchev–Trinajstić information content (AvgIpc) is 2.12. The van der Waals surface area contributed by atoms with Gasteiger partial charge in [0.2, 0.25) is 0 Å². The zero-order valence-corrected chi connectivity index (χ0v) is 12.5. The van der Waals surface area contributed by atoms with Crippen LogP contribution in [0.2, 0.25) is 0 Å². The van der Waals surface area contributed by atoms with Crippen LogP contribution in [0.3, 0.4) is 0 Å². The normalized spacial score (nSPS) is 17.0. The Hall–Kier alpha value is 0.392. The van der Waals surface area contributed by atoms with Crippen molar-refractivity contribution in [1.29, 1.82) is 0 Å². The van der Waals surface area contributed by atoms with Crippen LogP contribution in [-0.2, 0) is 4.79 Å². The number of carbonyl (C=O) groups is 1. The van der Waals surface area contributed by atoms with Crippen molar-refractivity contribution in [2.45, 2.75) is 18.3 Å². The van der Waals surface area contributed by atoms with E-state index in [9.17, 15) is 4.79 Å². The minimum absolute atomic E-state index is 0. The third-order valence-corrected chi connectivity index (χ3v) is 1.39. The molecule has 7 heteroatoms. The monoisotopic (exact) mass is 390 g/mol. The van der Waals surface area contributed by atoms with Crippen LogP contribution < -0.4 is 0 Å². The molecule has 0 aromatic rings. The second-order valence-electron chi connectivity index (χ2n) is 2.31. The SMILES string of the molecule is O=C(CO)[C@H](O)[C@@H](O)[C@H](O)CO.[PbH2]. The van der Waals surface area contributed by atoms with Gasteiger partial charge in [-0.1, -0.05) is 0 Å². The van der Waals surface area contributed by atoms with Gasteiger partial charge in [-0.05, 0) is 0 Å². The zero-order valence-electron chi connectivity index (χ0n) is 7.00. The molecule has 13 heavy (non-hydrogen) atoms. The van der Waals surface area contributed by atoms with Crippen LogP contribution in [0.25, 0.3) is 0 Å². The Labute approximate surface area is 95.0 Å². The first-order chi connectivity index (χ1) is 5.54. The van der Waals surface area contributed by atoms with Crippen molar-refractivity contribution in [1.82, 2.24) is 0 Å². The number of ketones is 1. The van der Waals surface area contributed by atoms with E-state index >= 15 is 0 Å². The molecule has 0 heterocycles. The number of hydrogen-bond donors (Lipinski definition) is 5. The van der Waals surface area contributed by atoms with Gasteiger partial charge in [0.25, 0.3) is 0 Å². The zero-order chi connectivity index (χ0) is 9.72. The summed E-state index contributed by atoms with van der Waals surface area (Å²) in [6, 6.07) is 0. The molecule has 6 nitrogen and oxygen atoms in total. The summed E-state index contributed by atoms with van der Waals surface area (Å²) in [6.45, 7) is -1.69. The third-order valence-electron chi connectivity index (χ3n) is 1.39. The molecule has 0 amide bonds. The number of aliphatic hydroxyl groups is 5. The molecule has 0 aromatic carbocycles. The molecule has 2 radical (unpaired) electrons. The van der Waals surface area contributed by atoms with E-state index in [1.54, 1.807) is 0 Å². The fraction of sp³-hybridized carbons (Fsp3) is 0.833. The molecule has 0 aliphatic rings. The van der Waals surface area contributed by atoms with Gasteiger partial charge >= 0.3 is 27.3 Å². The van der Waals surface area contributed by atoms with Gasteiger partial charge in [-0.3, -0.25) is 4.79 Å². The summed E-state index contributed by atoms with van der Waals surface area (Å²) >= 11 is 0. The number of hydrogen-bond acceptors (Lipinski definition) is 6. The predicted octanol–water partition coefficient (Wildman–Crippen LogP) is -4.29. The quantitative estimate of drug-likeness (QED) is 0.304. The first-order valence-corrected chi connectivity index (χ1v) is 3.33. The van der Waals surface area contributed by atoms with Crippen LogP contribution in [0.4, 0.5) is 0 Å². The third kappa shape index (κ3) is 4.98. The van der Waals surface area contributed by atoms with Crippen molar-refractivity contribution in [2.75, 3.05) is 13.2 Å². The first-order valence-electron chi connectivity index (χ1n) is 3.33. The van der Waals surface area contributed by atoms with Crippen molar-refractivity contribution in [3.63, 3.8) is 0 Å². The van der Waals surface area contributed by atoms with Gasteiger partial charge in [0.15, 0.2) is 5.78 Å². The van der Waals surface area contributed by atoms with E-state index in [1.807, 2.05) is 0 Å². The van der Waals surface area contributed by atoms with E-state index in [0.717, 1.165) is 0 Å². The van der Waals surface area contributed by atoms with E-state index in [0.29, 0.717) is 0 Å². The van der Waals surface area contributed by atoms with Crippen molar-refractivity contribution in [3.8, 4) is 0 Å². The van der Waals surface area contributed by atoms with Gasteiger partial charge in [-0.25, -0.2) is 0 Å². The standard InChI is InChI=1S/C6H12O6.Pb.2H/c7-1-3(9)5(11)6(12)4(10)2-8;;;/h3,5-9,11-12H,1-2H2;;;/t3-,5+,6+;;;/m1.../s1. The Bertz CT molecular complexity index is 152. The van der Waals surface area contributed by atoms with E-state index in [4.69, 9.17) is 25.5 Å². The van der Waals surface area contributed by atoms with E-state index in [2.05, 4.69) is 0 Å². The summed E-state index contributed by atoms with van der Waals surface area (Å²) in [7, 11) is 0. The molecule has 78 valence electrons. The number of carbonyl (C=O) groups excluding carboxylic acids is 1. The van der Waals surface area contributed by atoms with Crippen molar-refractivity contribution >= 4 is 33.1 Å². The van der Waals surface area contributed by atoms with Gasteiger partial charge in [-0.15, -0.1) is 0 Å². The number of aliphatic hydroxyl groups excluding tert-OH is 5. The fourth-order valence-corrected chi connectivity index (χ4v) is 0.602. The Morgan fingerprint density at radius 2 is 1.62 bits per heavy atom. The average molecular weight is 389 g/mol. The molecular weight excluding hydrogens is 375 g/mol. The van der Waals surface area contributed by atoms with E-state index < -0.39 is 37.3 Å². The Kier molecular flexibility index (Phi) is 9.46. The van der Waals surface area contributed by atoms with Crippen LogP contribution in [0.1, 0.15) is 0 Å². The molecule has 0 rings (SSSR count). The maximum atomic E-state index is 10.5. The molecule has 3 atom stereocenters. The van der Waals surface area contributed by atoms with Crippen LogP contribution in [0, 0.1) is 0 Å². The summed E-state index contributed by atoms with van der Waals surface area (Å²) in [6.07, 6.45) is -5.22. The molecule has 0 saturated carbocycles. The van der Waals surface area contributed by atoms with Crippen LogP contribution in [0.5, 0.6) is 0 Å². The van der Waals surface area contributed by atoms with Crippen molar-refractivity contribution in [3.05, 3.63) is 0 Å². The van der Waals surface area contributed by atoms with E-state index in [1.165, 1.54) is 0 Å². The maximum absolute atomic E-state index is 10.5. The Morgan fingerprint density at radius 3 is 1.92 bits per heavy atom. The predicted molar refractivity (Wildman–Crippen MR) is 45.7 cm³/mol. The summed E-state index contributed by atoms with van der Waals surface area (Å²) in [5.41, 5.74) is 0. The Balaban J connectivity index is 0. The van der Waals surface area contributed by atoms with Crippen LogP contribution >= 0.6 is 0 Å². The second-order valence-corrected chi connectivity index (χ2v) is 2.31. The summed E-state index contributed by atoms with van der Waals surface area (Å²) in [4.78, 5) is 10.5. The summed E-state index contributed by atoms with van der Waals surface area (Å²) < 4.78 is 0. The topological polar surface area (TPSA) is 118 Å². The fourth-order valence-electron chi connectivity index (χ4n) is 0.602. The molecule has 0 aromatic heterocycles. The van der Waals surface area contributed by atoms with Gasteiger partial charge in [0.05, 0.1) is 6.61 Å². The Morgan fingerprint density at radius 1 is 1.15 bits per heavy atom. The van der Waals surface area contributed by atoms with Gasteiger partial charge in [0, 0.05) is 0 Å². The summed E-state index contributed by atoms with van der Waals surface area (Å²) in [5, 5.41) is 43.1. The number of rotatable bonds is 5. The molecule has 0 aliphatic heterocycles. The second kappa shape index (κ2) is 7.76. The number of Topliss-reactive ketones (excluding diaryl/α,β-unsaturated/α-hetero) is 1. The molecule has 5 N–H and O–H groups in total. The van der Waals surface area contributed by atoms with Crippen molar-refractivity contribution < 1.29 is 30.3 Å². The summed E-state index contributed by atoms with van der Waals surface area (Å²) in [5.74, 6) is -1.00. The van der Waals surface area contributed by atoms with Gasteiger partial charge in [-0.2, -0.15) is 0 Å². The van der Waals surface area contributed by atoms with Gasteiger partial charge in [0.1, 0.15) is 24.9 Å². The molecule has 0 unspecified atom stereocenters. The van der Waals surface area contributed by atoms with Crippen LogP contribution in [-0.4, -0.2) is 90.1 Å². The van der Waals surface area contributed by atoms with E-state index in [-0.39, 0.29) is 27.3 Å². The van der Waals surface area contributed by atoms with Crippen LogP contribution in [0.15, 0.2) is 0 Å². The van der Waals surface area contributed by atoms with Gasteiger partial charge < -0.3 is 25.5 Å². The molecule has 0 aliphatic carbocycles. The van der Waals surface area contributed by atoms with Crippen molar-refractivity contribution in [2.24, 2.45) is 0 Å². The molecule has 0 spiro atoms. The molecular formula is C6H14O6Pb. The first kappa shape index (κ1) is 15.8. The molecule has 0 bridgehead atoms. The minimum atomic E-state index is -1.86. The molecule has 0 fully saturated rings. The molecule has 0 saturated heterocycles.